The lowest BCUT2D eigenvalue weighted by atomic mass is 10.0. The molecule has 1 saturated heterocycles. The molecule has 0 saturated carbocycles. The number of rotatable bonds is 6. The summed E-state index contributed by atoms with van der Waals surface area (Å²) in [6, 6.07) is 9.99. The summed E-state index contributed by atoms with van der Waals surface area (Å²) in [6.45, 7) is 1.58. The molecule has 0 radical (unpaired) electrons. The maximum absolute atomic E-state index is 13.1. The van der Waals surface area contributed by atoms with Crippen LogP contribution >= 0.6 is 0 Å². The van der Waals surface area contributed by atoms with Gasteiger partial charge in [-0.3, -0.25) is 4.79 Å². The first-order valence-corrected chi connectivity index (χ1v) is 9.41. The van der Waals surface area contributed by atoms with Gasteiger partial charge in [0.15, 0.2) is 5.82 Å². The zero-order chi connectivity index (χ0) is 18.6. The van der Waals surface area contributed by atoms with Gasteiger partial charge in [0.05, 0.1) is 6.61 Å². The number of carbonyl (C=O) groups excluding carboxylic acids is 1. The van der Waals surface area contributed by atoms with Crippen LogP contribution in [0, 0.1) is 0 Å². The molecule has 2 aromatic heterocycles. The van der Waals surface area contributed by atoms with Crippen molar-refractivity contribution in [2.45, 2.75) is 38.3 Å². The molecule has 0 aliphatic carbocycles. The van der Waals surface area contributed by atoms with Gasteiger partial charge in [-0.15, -0.1) is 0 Å². The molecule has 4 rings (SSSR count). The normalized spacial score (nSPS) is 17.5. The molecule has 0 bridgehead atoms. The highest BCUT2D eigenvalue weighted by molar-refractivity contribution is 5.83. The third kappa shape index (κ3) is 3.73. The number of aromatic nitrogens is 3. The van der Waals surface area contributed by atoms with E-state index in [0.29, 0.717) is 31.3 Å². The van der Waals surface area contributed by atoms with Crippen LogP contribution in [0.1, 0.15) is 37.0 Å². The molecular weight excluding hydrogens is 344 g/mol. The third-order valence-electron chi connectivity index (χ3n) is 5.11. The minimum atomic E-state index is -0.142. The number of hydrogen-bond acceptors (Lipinski definition) is 5. The lowest BCUT2D eigenvalue weighted by Crippen LogP contribution is -2.40. The van der Waals surface area contributed by atoms with E-state index in [1.54, 1.807) is 7.11 Å². The summed E-state index contributed by atoms with van der Waals surface area (Å²) in [5, 5.41) is 5.17. The second-order valence-electron chi connectivity index (χ2n) is 6.89. The van der Waals surface area contributed by atoms with Crippen LogP contribution in [0.4, 0.5) is 0 Å². The SMILES string of the molecule is COCCc1noc(C2CCCCN2C(=O)Cn2ccc3ccccc32)n1. The van der Waals surface area contributed by atoms with E-state index in [0.717, 1.165) is 36.7 Å². The summed E-state index contributed by atoms with van der Waals surface area (Å²) in [6.07, 6.45) is 5.48. The van der Waals surface area contributed by atoms with Gasteiger partial charge in [0.1, 0.15) is 12.6 Å². The average Bonchev–Trinajstić information content (AvgIpc) is 3.34. The van der Waals surface area contributed by atoms with Crippen LogP contribution in [0.3, 0.4) is 0 Å². The van der Waals surface area contributed by atoms with Gasteiger partial charge in [0, 0.05) is 31.8 Å². The maximum atomic E-state index is 13.1. The summed E-state index contributed by atoms with van der Waals surface area (Å²) in [5.74, 6) is 1.24. The van der Waals surface area contributed by atoms with Crippen molar-refractivity contribution in [2.75, 3.05) is 20.3 Å². The predicted octanol–water partition coefficient (Wildman–Crippen LogP) is 2.97. The Bertz CT molecular complexity index is 917. The molecule has 0 N–H and O–H groups in total. The molecule has 1 aromatic carbocycles. The van der Waals surface area contributed by atoms with E-state index in [-0.39, 0.29) is 11.9 Å². The van der Waals surface area contributed by atoms with Crippen molar-refractivity contribution in [1.82, 2.24) is 19.6 Å². The summed E-state index contributed by atoms with van der Waals surface area (Å²) in [7, 11) is 1.65. The van der Waals surface area contributed by atoms with Gasteiger partial charge in [-0.25, -0.2) is 0 Å². The molecule has 1 fully saturated rings. The molecule has 27 heavy (non-hydrogen) atoms. The number of fused-ring (bicyclic) bond motifs is 1. The molecule has 1 atom stereocenters. The Morgan fingerprint density at radius 3 is 3.07 bits per heavy atom. The number of ether oxygens (including phenoxy) is 1. The molecule has 1 unspecified atom stereocenters. The fourth-order valence-electron chi connectivity index (χ4n) is 3.70. The number of hydrogen-bond donors (Lipinski definition) is 0. The van der Waals surface area contributed by atoms with Crippen LogP contribution < -0.4 is 0 Å². The molecular formula is C20H24N4O3. The van der Waals surface area contributed by atoms with Gasteiger partial charge in [-0.2, -0.15) is 4.98 Å². The van der Waals surface area contributed by atoms with Crippen LogP contribution in [0.15, 0.2) is 41.1 Å². The molecule has 142 valence electrons. The van der Waals surface area contributed by atoms with E-state index < -0.39 is 0 Å². The minimum absolute atomic E-state index is 0.0812. The highest BCUT2D eigenvalue weighted by Gasteiger charge is 2.32. The zero-order valence-corrected chi connectivity index (χ0v) is 15.5. The van der Waals surface area contributed by atoms with E-state index in [1.807, 2.05) is 39.9 Å². The first-order chi connectivity index (χ1) is 13.3. The summed E-state index contributed by atoms with van der Waals surface area (Å²) in [5.41, 5.74) is 1.07. The summed E-state index contributed by atoms with van der Waals surface area (Å²) in [4.78, 5) is 19.5. The Morgan fingerprint density at radius 1 is 1.30 bits per heavy atom. The van der Waals surface area contributed by atoms with Gasteiger partial charge in [-0.1, -0.05) is 23.4 Å². The first-order valence-electron chi connectivity index (χ1n) is 9.41. The van der Waals surface area contributed by atoms with Crippen molar-refractivity contribution < 1.29 is 14.1 Å². The average molecular weight is 368 g/mol. The zero-order valence-electron chi connectivity index (χ0n) is 15.5. The number of benzene rings is 1. The van der Waals surface area contributed by atoms with E-state index in [4.69, 9.17) is 9.26 Å². The van der Waals surface area contributed by atoms with Crippen molar-refractivity contribution in [2.24, 2.45) is 0 Å². The predicted molar refractivity (Wildman–Crippen MR) is 100 cm³/mol. The van der Waals surface area contributed by atoms with E-state index in [1.165, 1.54) is 0 Å². The van der Waals surface area contributed by atoms with Gasteiger partial charge in [0.25, 0.3) is 0 Å². The lowest BCUT2D eigenvalue weighted by Gasteiger charge is -2.33. The molecule has 3 heterocycles. The Morgan fingerprint density at radius 2 is 2.19 bits per heavy atom. The Kier molecular flexibility index (Phi) is 5.20. The number of amides is 1. The van der Waals surface area contributed by atoms with Crippen LogP contribution in [0.2, 0.25) is 0 Å². The highest BCUT2D eigenvalue weighted by atomic mass is 16.5. The van der Waals surface area contributed by atoms with Gasteiger partial charge >= 0.3 is 0 Å². The second-order valence-corrected chi connectivity index (χ2v) is 6.89. The van der Waals surface area contributed by atoms with E-state index in [2.05, 4.69) is 16.2 Å². The van der Waals surface area contributed by atoms with Crippen LogP contribution in [0.25, 0.3) is 10.9 Å². The fourth-order valence-corrected chi connectivity index (χ4v) is 3.70. The lowest BCUT2D eigenvalue weighted by molar-refractivity contribution is -0.136. The quantitative estimate of drug-likeness (QED) is 0.669. The maximum Gasteiger partial charge on any atom is 0.249 e. The van der Waals surface area contributed by atoms with Crippen molar-refractivity contribution in [3.63, 3.8) is 0 Å². The topological polar surface area (TPSA) is 73.4 Å². The number of carbonyl (C=O) groups is 1. The number of piperidine rings is 1. The second kappa shape index (κ2) is 7.92. The van der Waals surface area contributed by atoms with Gasteiger partial charge in [-0.05, 0) is 36.8 Å². The Labute approximate surface area is 157 Å². The van der Waals surface area contributed by atoms with Gasteiger partial charge < -0.3 is 18.7 Å². The molecule has 1 aliphatic heterocycles. The largest absolute Gasteiger partial charge is 0.384 e. The number of para-hydroxylation sites is 1. The van der Waals surface area contributed by atoms with E-state index in [9.17, 15) is 4.79 Å². The number of methoxy groups -OCH3 is 1. The van der Waals surface area contributed by atoms with Gasteiger partial charge in [0.2, 0.25) is 11.8 Å². The molecule has 7 nitrogen and oxygen atoms in total. The number of likely N-dealkylation sites (tertiary alicyclic amines) is 1. The Balaban J connectivity index is 1.51. The number of nitrogens with zero attached hydrogens (tertiary/aromatic N) is 4. The smallest absolute Gasteiger partial charge is 0.249 e. The van der Waals surface area contributed by atoms with Crippen molar-refractivity contribution in [1.29, 1.82) is 0 Å². The van der Waals surface area contributed by atoms with Crippen LogP contribution in [0.5, 0.6) is 0 Å². The molecule has 1 amide bonds. The standard InChI is InChI=1S/C20H24N4O3/c1-26-13-10-18-21-20(27-22-18)17-8-4-5-11-24(17)19(25)14-23-12-9-15-6-2-3-7-16(15)23/h2-3,6-7,9,12,17H,4-5,8,10-11,13-14H2,1H3. The summed E-state index contributed by atoms with van der Waals surface area (Å²) >= 11 is 0. The van der Waals surface area contributed by atoms with Crippen molar-refractivity contribution >= 4 is 16.8 Å². The summed E-state index contributed by atoms with van der Waals surface area (Å²) < 4.78 is 12.5. The van der Waals surface area contributed by atoms with Crippen molar-refractivity contribution in [3.8, 4) is 0 Å². The van der Waals surface area contributed by atoms with E-state index >= 15 is 0 Å². The monoisotopic (exact) mass is 368 g/mol. The molecule has 1 aliphatic rings. The first kappa shape index (κ1) is 17.7. The Hall–Kier alpha value is -2.67. The van der Waals surface area contributed by atoms with Crippen LogP contribution in [-0.4, -0.2) is 45.8 Å². The third-order valence-corrected chi connectivity index (χ3v) is 5.11. The minimum Gasteiger partial charge on any atom is -0.384 e. The fraction of sp³-hybridized carbons (Fsp3) is 0.450. The van der Waals surface area contributed by atoms with Crippen molar-refractivity contribution in [3.05, 3.63) is 48.2 Å². The molecule has 7 heteroatoms. The van der Waals surface area contributed by atoms with Crippen LogP contribution in [-0.2, 0) is 22.5 Å². The highest BCUT2D eigenvalue weighted by Crippen LogP contribution is 2.30. The molecule has 0 spiro atoms. The molecule has 3 aromatic rings.